The predicted octanol–water partition coefficient (Wildman–Crippen LogP) is 2.86. The Kier molecular flexibility index (Phi) is 4.22. The normalized spacial score (nSPS) is 16.2. The van der Waals surface area contributed by atoms with Crippen molar-refractivity contribution in [3.05, 3.63) is 42.4 Å². The van der Waals surface area contributed by atoms with Crippen molar-refractivity contribution in [2.75, 3.05) is 18.0 Å². The third kappa shape index (κ3) is 3.47. The molecule has 0 atom stereocenters. The summed E-state index contributed by atoms with van der Waals surface area (Å²) in [5, 5.41) is 13.0. The molecule has 0 unspecified atom stereocenters. The van der Waals surface area contributed by atoms with Crippen LogP contribution in [-0.2, 0) is 5.41 Å². The minimum atomic E-state index is 0.0238. The van der Waals surface area contributed by atoms with E-state index < -0.39 is 0 Å². The van der Waals surface area contributed by atoms with E-state index in [1.54, 1.807) is 10.7 Å². The van der Waals surface area contributed by atoms with Crippen LogP contribution in [0.4, 0.5) is 5.82 Å². The maximum atomic E-state index is 6.07. The summed E-state index contributed by atoms with van der Waals surface area (Å²) < 4.78 is 7.80. The van der Waals surface area contributed by atoms with Crippen molar-refractivity contribution in [1.82, 2.24) is 24.8 Å². The van der Waals surface area contributed by atoms with Crippen LogP contribution in [0.25, 0.3) is 5.65 Å². The van der Waals surface area contributed by atoms with Gasteiger partial charge in [-0.2, -0.15) is 15.2 Å². The Balaban J connectivity index is 1.36. The summed E-state index contributed by atoms with van der Waals surface area (Å²) in [5.74, 6) is 1.60. The Morgan fingerprint density at radius 2 is 1.85 bits per heavy atom. The molecular weight excluding hydrogens is 328 g/mol. The van der Waals surface area contributed by atoms with Gasteiger partial charge in [0.15, 0.2) is 11.5 Å². The van der Waals surface area contributed by atoms with Crippen LogP contribution in [0.5, 0.6) is 5.88 Å². The van der Waals surface area contributed by atoms with Gasteiger partial charge in [0.25, 0.3) is 0 Å². The first-order valence-electron chi connectivity index (χ1n) is 9.05. The Hall–Kier alpha value is -2.70. The van der Waals surface area contributed by atoms with Gasteiger partial charge in [-0.05, 0) is 12.1 Å². The summed E-state index contributed by atoms with van der Waals surface area (Å²) in [6.45, 7) is 8.25. The molecule has 1 fully saturated rings. The average molecular weight is 352 g/mol. The van der Waals surface area contributed by atoms with Crippen molar-refractivity contribution in [2.45, 2.75) is 45.1 Å². The third-order valence-corrected chi connectivity index (χ3v) is 4.70. The highest BCUT2D eigenvalue weighted by Crippen LogP contribution is 2.24. The highest BCUT2D eigenvalue weighted by molar-refractivity contribution is 5.39. The summed E-state index contributed by atoms with van der Waals surface area (Å²) in [7, 11) is 0. The molecule has 1 aliphatic rings. The molecule has 0 N–H and O–H groups in total. The molecule has 1 saturated heterocycles. The van der Waals surface area contributed by atoms with E-state index in [1.807, 2.05) is 18.3 Å². The van der Waals surface area contributed by atoms with Crippen LogP contribution in [0.15, 0.2) is 36.7 Å². The molecule has 3 aromatic rings. The molecule has 4 rings (SSSR count). The van der Waals surface area contributed by atoms with Gasteiger partial charge in [0, 0.05) is 49.7 Å². The Morgan fingerprint density at radius 3 is 2.54 bits per heavy atom. The number of nitrogens with zero attached hydrogens (tertiary/aromatic N) is 6. The van der Waals surface area contributed by atoms with Crippen molar-refractivity contribution in [2.24, 2.45) is 0 Å². The first-order chi connectivity index (χ1) is 12.5. The fraction of sp³-hybridized carbons (Fsp3) is 0.474. The van der Waals surface area contributed by atoms with Gasteiger partial charge in [0.1, 0.15) is 6.10 Å². The van der Waals surface area contributed by atoms with E-state index in [0.717, 1.165) is 43.1 Å². The minimum Gasteiger partial charge on any atom is -0.474 e. The second-order valence-corrected chi connectivity index (χ2v) is 7.73. The van der Waals surface area contributed by atoms with Crippen molar-refractivity contribution in [3.8, 4) is 5.88 Å². The number of anilines is 1. The first-order valence-corrected chi connectivity index (χ1v) is 9.05. The average Bonchev–Trinajstić information content (AvgIpc) is 3.10. The minimum absolute atomic E-state index is 0.0238. The van der Waals surface area contributed by atoms with Gasteiger partial charge >= 0.3 is 0 Å². The lowest BCUT2D eigenvalue weighted by molar-refractivity contribution is 0.164. The molecule has 4 heterocycles. The van der Waals surface area contributed by atoms with Gasteiger partial charge in [0.2, 0.25) is 5.88 Å². The van der Waals surface area contributed by atoms with Crippen LogP contribution in [0.1, 0.15) is 39.3 Å². The standard InChI is InChI=1S/C19H24N6O/c1-19(2,3)15-4-5-17(23-22-15)24-11-7-14(8-12-24)26-18-9-13-25-16(21-18)6-10-20-25/h4-6,9-10,13-14H,7-8,11-12H2,1-3H3. The summed E-state index contributed by atoms with van der Waals surface area (Å²) in [6, 6.07) is 7.89. The van der Waals surface area contributed by atoms with Crippen LogP contribution in [0, 0.1) is 0 Å². The highest BCUT2D eigenvalue weighted by Gasteiger charge is 2.23. The van der Waals surface area contributed by atoms with E-state index in [4.69, 9.17) is 4.74 Å². The largest absolute Gasteiger partial charge is 0.474 e. The van der Waals surface area contributed by atoms with E-state index in [9.17, 15) is 0 Å². The fourth-order valence-electron chi connectivity index (χ4n) is 3.13. The summed E-state index contributed by atoms with van der Waals surface area (Å²) in [4.78, 5) is 6.75. The molecule has 0 amide bonds. The van der Waals surface area contributed by atoms with Crippen LogP contribution in [0.2, 0.25) is 0 Å². The van der Waals surface area contributed by atoms with Crippen molar-refractivity contribution >= 4 is 11.5 Å². The zero-order chi connectivity index (χ0) is 18.1. The molecule has 0 saturated carbocycles. The summed E-state index contributed by atoms with van der Waals surface area (Å²) in [5.41, 5.74) is 1.84. The van der Waals surface area contributed by atoms with E-state index in [1.165, 1.54) is 0 Å². The second-order valence-electron chi connectivity index (χ2n) is 7.73. The van der Waals surface area contributed by atoms with E-state index in [-0.39, 0.29) is 11.5 Å². The molecule has 0 radical (unpaired) electrons. The molecule has 0 spiro atoms. The van der Waals surface area contributed by atoms with Crippen LogP contribution in [-0.4, -0.2) is 44.0 Å². The Morgan fingerprint density at radius 1 is 1.04 bits per heavy atom. The van der Waals surface area contributed by atoms with Crippen molar-refractivity contribution in [1.29, 1.82) is 0 Å². The monoisotopic (exact) mass is 352 g/mol. The first kappa shape index (κ1) is 16.8. The van der Waals surface area contributed by atoms with Gasteiger partial charge in [-0.1, -0.05) is 20.8 Å². The quantitative estimate of drug-likeness (QED) is 0.722. The molecule has 0 aliphatic carbocycles. The maximum absolute atomic E-state index is 6.07. The van der Waals surface area contributed by atoms with Gasteiger partial charge < -0.3 is 9.64 Å². The van der Waals surface area contributed by atoms with Crippen LogP contribution < -0.4 is 9.64 Å². The fourth-order valence-corrected chi connectivity index (χ4v) is 3.13. The summed E-state index contributed by atoms with van der Waals surface area (Å²) >= 11 is 0. The number of fused-ring (bicyclic) bond motifs is 1. The molecule has 1 aliphatic heterocycles. The number of hydrogen-bond acceptors (Lipinski definition) is 6. The lowest BCUT2D eigenvalue weighted by Crippen LogP contribution is -2.39. The Labute approximate surface area is 153 Å². The zero-order valence-electron chi connectivity index (χ0n) is 15.5. The SMILES string of the molecule is CC(C)(C)c1ccc(N2CCC(Oc3ccn4nccc4n3)CC2)nn1. The highest BCUT2D eigenvalue weighted by atomic mass is 16.5. The molecule has 7 heteroatoms. The topological polar surface area (TPSA) is 68.4 Å². The van der Waals surface area contributed by atoms with E-state index in [0.29, 0.717) is 5.88 Å². The number of ether oxygens (including phenoxy) is 1. The zero-order valence-corrected chi connectivity index (χ0v) is 15.5. The number of aromatic nitrogens is 5. The molecule has 7 nitrogen and oxygen atoms in total. The predicted molar refractivity (Wildman–Crippen MR) is 99.6 cm³/mol. The molecule has 136 valence electrons. The lowest BCUT2D eigenvalue weighted by atomic mass is 9.92. The smallest absolute Gasteiger partial charge is 0.217 e. The van der Waals surface area contributed by atoms with Crippen LogP contribution >= 0.6 is 0 Å². The number of hydrogen-bond donors (Lipinski definition) is 0. The lowest BCUT2D eigenvalue weighted by Gasteiger charge is -2.32. The molecular formula is C19H24N6O. The molecule has 0 aromatic carbocycles. The van der Waals surface area contributed by atoms with E-state index >= 15 is 0 Å². The maximum Gasteiger partial charge on any atom is 0.217 e. The number of piperidine rings is 1. The van der Waals surface area contributed by atoms with Crippen molar-refractivity contribution < 1.29 is 4.74 Å². The van der Waals surface area contributed by atoms with Gasteiger partial charge in [0.05, 0.1) is 11.9 Å². The molecule has 26 heavy (non-hydrogen) atoms. The Bertz CT molecular complexity index is 875. The summed E-state index contributed by atoms with van der Waals surface area (Å²) in [6.07, 6.45) is 5.66. The van der Waals surface area contributed by atoms with E-state index in [2.05, 4.69) is 58.1 Å². The van der Waals surface area contributed by atoms with Gasteiger partial charge in [-0.3, -0.25) is 0 Å². The second kappa shape index (κ2) is 6.55. The van der Waals surface area contributed by atoms with Gasteiger partial charge in [-0.15, -0.1) is 5.10 Å². The van der Waals surface area contributed by atoms with Crippen molar-refractivity contribution in [3.63, 3.8) is 0 Å². The van der Waals surface area contributed by atoms with Crippen LogP contribution in [0.3, 0.4) is 0 Å². The molecule has 3 aromatic heterocycles. The third-order valence-electron chi connectivity index (χ3n) is 4.70. The van der Waals surface area contributed by atoms with Gasteiger partial charge in [-0.25, -0.2) is 4.52 Å². The molecule has 0 bridgehead atoms. The number of rotatable bonds is 3.